The standard InChI is InChI=1S/C17H26N2O3/c1-11(2)7-8-18-16(20)10-22-17(21)15-9-12(3)19(13(15)4)14-5-6-14/h9,11,14H,5-8,10H2,1-4H3,(H,18,20). The minimum absolute atomic E-state index is 0.218. The molecule has 0 bridgehead atoms. The molecule has 0 unspecified atom stereocenters. The van der Waals surface area contributed by atoms with Crippen LogP contribution < -0.4 is 5.32 Å². The summed E-state index contributed by atoms with van der Waals surface area (Å²) in [5.74, 6) is -0.125. The van der Waals surface area contributed by atoms with E-state index >= 15 is 0 Å². The van der Waals surface area contributed by atoms with Gasteiger partial charge in [-0.05, 0) is 45.1 Å². The number of carbonyl (C=O) groups excluding carboxylic acids is 2. The van der Waals surface area contributed by atoms with Gasteiger partial charge in [0, 0.05) is 24.0 Å². The Bertz CT molecular complexity index is 556. The number of hydrogen-bond acceptors (Lipinski definition) is 3. The summed E-state index contributed by atoms with van der Waals surface area (Å²) in [7, 11) is 0. The van der Waals surface area contributed by atoms with E-state index < -0.39 is 5.97 Å². The van der Waals surface area contributed by atoms with Gasteiger partial charge in [0.15, 0.2) is 6.61 Å². The highest BCUT2D eigenvalue weighted by molar-refractivity contribution is 5.92. The smallest absolute Gasteiger partial charge is 0.340 e. The molecule has 0 saturated heterocycles. The molecule has 122 valence electrons. The van der Waals surface area contributed by atoms with Gasteiger partial charge in [0.1, 0.15) is 0 Å². The van der Waals surface area contributed by atoms with Gasteiger partial charge in [0.25, 0.3) is 5.91 Å². The molecule has 1 aromatic rings. The summed E-state index contributed by atoms with van der Waals surface area (Å²) in [4.78, 5) is 23.8. The Morgan fingerprint density at radius 1 is 1.36 bits per heavy atom. The lowest BCUT2D eigenvalue weighted by molar-refractivity contribution is -0.124. The molecule has 2 rings (SSSR count). The fourth-order valence-corrected chi connectivity index (χ4v) is 2.64. The van der Waals surface area contributed by atoms with E-state index in [1.54, 1.807) is 0 Å². The first kappa shape index (κ1) is 16.6. The summed E-state index contributed by atoms with van der Waals surface area (Å²) >= 11 is 0. The van der Waals surface area contributed by atoms with Crippen LogP contribution in [0, 0.1) is 19.8 Å². The largest absolute Gasteiger partial charge is 0.452 e. The maximum absolute atomic E-state index is 12.1. The molecule has 0 aromatic carbocycles. The maximum atomic E-state index is 12.1. The number of aryl methyl sites for hydroxylation is 1. The van der Waals surface area contributed by atoms with Crippen molar-refractivity contribution in [2.45, 2.75) is 53.0 Å². The number of nitrogens with zero attached hydrogens (tertiary/aromatic N) is 1. The fraction of sp³-hybridized carbons (Fsp3) is 0.647. The summed E-state index contributed by atoms with van der Waals surface area (Å²) in [5, 5.41) is 2.76. The molecule has 0 atom stereocenters. The molecule has 1 amide bonds. The average Bonchev–Trinajstić information content (AvgIpc) is 3.22. The van der Waals surface area contributed by atoms with Crippen molar-refractivity contribution in [1.82, 2.24) is 9.88 Å². The lowest BCUT2D eigenvalue weighted by Gasteiger charge is -2.09. The number of amides is 1. The summed E-state index contributed by atoms with van der Waals surface area (Å²) in [6.07, 6.45) is 3.26. The van der Waals surface area contributed by atoms with E-state index in [2.05, 4.69) is 23.7 Å². The Morgan fingerprint density at radius 3 is 2.64 bits per heavy atom. The Hall–Kier alpha value is -1.78. The van der Waals surface area contributed by atoms with Crippen LogP contribution in [0.5, 0.6) is 0 Å². The predicted octanol–water partition coefficient (Wildman–Crippen LogP) is 2.76. The van der Waals surface area contributed by atoms with Crippen LogP contribution in [0.2, 0.25) is 0 Å². The highest BCUT2D eigenvalue weighted by Gasteiger charge is 2.28. The Morgan fingerprint density at radius 2 is 2.05 bits per heavy atom. The molecule has 22 heavy (non-hydrogen) atoms. The van der Waals surface area contributed by atoms with Gasteiger partial charge >= 0.3 is 5.97 Å². The minimum atomic E-state index is -0.418. The average molecular weight is 306 g/mol. The van der Waals surface area contributed by atoms with Gasteiger partial charge in [-0.25, -0.2) is 4.79 Å². The second-order valence-electron chi connectivity index (χ2n) is 6.49. The number of rotatable bonds is 7. The van der Waals surface area contributed by atoms with Crippen molar-refractivity contribution in [3.8, 4) is 0 Å². The van der Waals surface area contributed by atoms with Crippen molar-refractivity contribution >= 4 is 11.9 Å². The zero-order chi connectivity index (χ0) is 16.3. The van der Waals surface area contributed by atoms with Crippen LogP contribution >= 0.6 is 0 Å². The van der Waals surface area contributed by atoms with Gasteiger partial charge in [-0.15, -0.1) is 0 Å². The van der Waals surface area contributed by atoms with Crippen molar-refractivity contribution in [1.29, 1.82) is 0 Å². The Labute approximate surface area is 132 Å². The first-order valence-electron chi connectivity index (χ1n) is 8.02. The van der Waals surface area contributed by atoms with Gasteiger partial charge in [-0.2, -0.15) is 0 Å². The van der Waals surface area contributed by atoms with Gasteiger partial charge in [0.05, 0.1) is 5.56 Å². The molecular weight excluding hydrogens is 280 g/mol. The number of nitrogens with one attached hydrogen (secondary N) is 1. The molecule has 1 N–H and O–H groups in total. The number of esters is 1. The molecule has 1 aliphatic rings. The topological polar surface area (TPSA) is 60.3 Å². The second-order valence-corrected chi connectivity index (χ2v) is 6.49. The van der Waals surface area contributed by atoms with Gasteiger partial charge < -0.3 is 14.6 Å². The molecule has 0 aliphatic heterocycles. The van der Waals surface area contributed by atoms with Crippen molar-refractivity contribution in [2.75, 3.05) is 13.2 Å². The summed E-state index contributed by atoms with van der Waals surface area (Å²) in [5.41, 5.74) is 2.58. The molecule has 1 saturated carbocycles. The quantitative estimate of drug-likeness (QED) is 0.788. The molecule has 1 heterocycles. The van der Waals surface area contributed by atoms with E-state index in [4.69, 9.17) is 4.74 Å². The van der Waals surface area contributed by atoms with E-state index in [0.29, 0.717) is 24.1 Å². The number of hydrogen-bond donors (Lipinski definition) is 1. The molecule has 1 aromatic heterocycles. The van der Waals surface area contributed by atoms with Crippen LogP contribution in [0.25, 0.3) is 0 Å². The van der Waals surface area contributed by atoms with E-state index in [-0.39, 0.29) is 12.5 Å². The van der Waals surface area contributed by atoms with Crippen molar-refractivity contribution in [3.05, 3.63) is 23.0 Å². The Balaban J connectivity index is 1.85. The zero-order valence-electron chi connectivity index (χ0n) is 13.9. The molecule has 0 spiro atoms. The van der Waals surface area contributed by atoms with E-state index in [9.17, 15) is 9.59 Å². The van der Waals surface area contributed by atoms with Crippen LogP contribution in [-0.4, -0.2) is 29.6 Å². The summed E-state index contributed by atoms with van der Waals surface area (Å²) < 4.78 is 7.33. The van der Waals surface area contributed by atoms with Crippen LogP contribution in [0.1, 0.15) is 60.9 Å². The molecule has 0 radical (unpaired) electrons. The highest BCUT2D eigenvalue weighted by Crippen LogP contribution is 2.38. The van der Waals surface area contributed by atoms with Gasteiger partial charge in [-0.1, -0.05) is 13.8 Å². The van der Waals surface area contributed by atoms with Crippen LogP contribution in [0.15, 0.2) is 6.07 Å². The normalized spacial score (nSPS) is 14.2. The van der Waals surface area contributed by atoms with Crippen molar-refractivity contribution in [3.63, 3.8) is 0 Å². The maximum Gasteiger partial charge on any atom is 0.340 e. The first-order valence-corrected chi connectivity index (χ1v) is 8.02. The van der Waals surface area contributed by atoms with Gasteiger partial charge in [0.2, 0.25) is 0 Å². The zero-order valence-corrected chi connectivity index (χ0v) is 13.9. The summed E-state index contributed by atoms with van der Waals surface area (Å²) in [6.45, 7) is 8.53. The van der Waals surface area contributed by atoms with Crippen LogP contribution in [0.4, 0.5) is 0 Å². The summed E-state index contributed by atoms with van der Waals surface area (Å²) in [6, 6.07) is 2.38. The van der Waals surface area contributed by atoms with Crippen LogP contribution in [-0.2, 0) is 9.53 Å². The fourth-order valence-electron chi connectivity index (χ4n) is 2.64. The third-order valence-electron chi connectivity index (χ3n) is 3.99. The number of aromatic nitrogens is 1. The highest BCUT2D eigenvalue weighted by atomic mass is 16.5. The van der Waals surface area contributed by atoms with E-state index in [1.807, 2.05) is 19.9 Å². The molecule has 5 nitrogen and oxygen atoms in total. The lowest BCUT2D eigenvalue weighted by Crippen LogP contribution is -2.30. The van der Waals surface area contributed by atoms with Crippen LogP contribution in [0.3, 0.4) is 0 Å². The van der Waals surface area contributed by atoms with E-state index in [1.165, 1.54) is 12.8 Å². The molecule has 1 fully saturated rings. The van der Waals surface area contributed by atoms with E-state index in [0.717, 1.165) is 17.8 Å². The molecular formula is C17H26N2O3. The number of carbonyl (C=O) groups is 2. The first-order chi connectivity index (χ1) is 10.4. The van der Waals surface area contributed by atoms with Crippen molar-refractivity contribution < 1.29 is 14.3 Å². The third-order valence-corrected chi connectivity index (χ3v) is 3.99. The predicted molar refractivity (Wildman–Crippen MR) is 84.9 cm³/mol. The number of ether oxygens (including phenoxy) is 1. The molecule has 5 heteroatoms. The van der Waals surface area contributed by atoms with Crippen molar-refractivity contribution in [2.24, 2.45) is 5.92 Å². The Kier molecular flexibility index (Phi) is 5.27. The second kappa shape index (κ2) is 6.99. The monoisotopic (exact) mass is 306 g/mol. The molecule has 1 aliphatic carbocycles. The SMILES string of the molecule is Cc1cc(C(=O)OCC(=O)NCCC(C)C)c(C)n1C1CC1. The lowest BCUT2D eigenvalue weighted by atomic mass is 10.1. The minimum Gasteiger partial charge on any atom is -0.452 e. The third kappa shape index (κ3) is 4.12. The van der Waals surface area contributed by atoms with Gasteiger partial charge in [-0.3, -0.25) is 4.79 Å².